The van der Waals surface area contributed by atoms with Gasteiger partial charge in [0.25, 0.3) is 0 Å². The van der Waals surface area contributed by atoms with E-state index in [4.69, 9.17) is 18.5 Å². The summed E-state index contributed by atoms with van der Waals surface area (Å²) in [5.41, 5.74) is 3.13. The van der Waals surface area contributed by atoms with E-state index in [2.05, 4.69) is 31.0 Å². The van der Waals surface area contributed by atoms with Crippen molar-refractivity contribution < 1.29 is 47.2 Å². The van der Waals surface area contributed by atoms with E-state index in [0.29, 0.717) is 30.6 Å². The van der Waals surface area contributed by atoms with Gasteiger partial charge in [0.1, 0.15) is 6.61 Å². The zero-order chi connectivity index (χ0) is 49.6. The van der Waals surface area contributed by atoms with Gasteiger partial charge in [-0.25, -0.2) is 4.57 Å². The zero-order valence-corrected chi connectivity index (χ0v) is 43.4. The molecule has 0 aliphatic carbocycles. The van der Waals surface area contributed by atoms with Crippen molar-refractivity contribution >= 4 is 37.3 Å². The van der Waals surface area contributed by atoms with Crippen molar-refractivity contribution in [2.24, 2.45) is 0 Å². The van der Waals surface area contributed by atoms with Crippen LogP contribution in [0.25, 0.3) is 0 Å². The number of ether oxygens (including phenoxy) is 2. The van der Waals surface area contributed by atoms with Crippen LogP contribution in [0.2, 0.25) is 0 Å². The average molecular weight is 979 g/mol. The minimum Gasteiger partial charge on any atom is -0.462 e. The molecule has 2 atom stereocenters. The number of anilines is 1. The van der Waals surface area contributed by atoms with Crippen LogP contribution in [0.5, 0.6) is 0 Å². The molecule has 1 unspecified atom stereocenters. The van der Waals surface area contributed by atoms with Gasteiger partial charge in [-0.3, -0.25) is 28.2 Å². The molecule has 386 valence electrons. The molecule has 2 amide bonds. The monoisotopic (exact) mass is 979 g/mol. The summed E-state index contributed by atoms with van der Waals surface area (Å²) in [6.45, 7) is 3.45. The molecule has 2 N–H and O–H groups in total. The molecular formula is C56H87N2O10P. The highest BCUT2D eigenvalue weighted by molar-refractivity contribution is 7.47. The second-order valence-corrected chi connectivity index (χ2v) is 20.1. The van der Waals surface area contributed by atoms with Gasteiger partial charge in [0.2, 0.25) is 11.8 Å². The van der Waals surface area contributed by atoms with Crippen LogP contribution in [-0.4, -0.2) is 61.1 Å². The molecule has 1 heterocycles. The highest BCUT2D eigenvalue weighted by Crippen LogP contribution is 2.43. The van der Waals surface area contributed by atoms with Crippen LogP contribution < -0.4 is 10.2 Å². The number of carbonyl (C=O) groups excluding carboxylic acids is 4. The normalized spacial score (nSPS) is 13.2. The minimum atomic E-state index is -4.66. The topological polar surface area (TPSA) is 158 Å². The van der Waals surface area contributed by atoms with Crippen molar-refractivity contribution in [2.45, 2.75) is 219 Å². The van der Waals surface area contributed by atoms with Crippen molar-refractivity contribution in [3.63, 3.8) is 0 Å². The molecule has 13 heteroatoms. The summed E-state index contributed by atoms with van der Waals surface area (Å²) in [6.07, 6.45) is 30.0. The van der Waals surface area contributed by atoms with Gasteiger partial charge in [-0.15, -0.1) is 0 Å². The fourth-order valence-corrected chi connectivity index (χ4v) is 9.16. The molecule has 2 aromatic carbocycles. The third-order valence-electron chi connectivity index (χ3n) is 12.5. The van der Waals surface area contributed by atoms with Crippen LogP contribution in [0.3, 0.4) is 0 Å². The van der Waals surface area contributed by atoms with E-state index in [0.717, 1.165) is 49.7 Å². The number of para-hydroxylation sites is 1. The van der Waals surface area contributed by atoms with Gasteiger partial charge >= 0.3 is 19.8 Å². The third kappa shape index (κ3) is 28.4. The first kappa shape index (κ1) is 59.3. The van der Waals surface area contributed by atoms with Gasteiger partial charge in [-0.1, -0.05) is 210 Å². The standard InChI is InChI=1S/C56H87N2O10P/c1-3-5-7-9-11-13-15-17-19-21-23-25-27-37-55(61)65-46-51(68-56(62)38-28-26-24-22-20-18-16-14-12-10-8-6-4-2)47-67-69(63,64)66-44-43-57-53(59)41-42-54(60)58-45-50-35-30-29-33-48(50)39-40-49-34-31-32-36-52(49)58/h29-36,51H,3-28,37-38,41-47H2,1-2H3,(H,57,59)(H,63,64)/t51-/m1/s1. The maximum Gasteiger partial charge on any atom is 0.472 e. The lowest BCUT2D eigenvalue weighted by Crippen LogP contribution is -2.33. The largest absolute Gasteiger partial charge is 0.472 e. The van der Waals surface area contributed by atoms with Crippen LogP contribution in [-0.2, 0) is 48.8 Å². The number of phosphoric acid groups is 1. The van der Waals surface area contributed by atoms with Gasteiger partial charge in [0, 0.05) is 43.4 Å². The summed E-state index contributed by atoms with van der Waals surface area (Å²) in [6, 6.07) is 15.1. The summed E-state index contributed by atoms with van der Waals surface area (Å²) >= 11 is 0. The first-order valence-electron chi connectivity index (χ1n) is 26.8. The molecule has 0 fully saturated rings. The molecule has 0 saturated carbocycles. The zero-order valence-electron chi connectivity index (χ0n) is 42.5. The summed E-state index contributed by atoms with van der Waals surface area (Å²) in [7, 11) is -4.66. The summed E-state index contributed by atoms with van der Waals surface area (Å²) in [4.78, 5) is 63.9. The number of nitrogens with one attached hydrogen (secondary N) is 1. The Hall–Kier alpha value is -4.01. The number of fused-ring (bicyclic) bond motifs is 2. The molecular weight excluding hydrogens is 892 g/mol. The molecule has 0 aromatic heterocycles. The van der Waals surface area contributed by atoms with Gasteiger partial charge in [-0.2, -0.15) is 0 Å². The van der Waals surface area contributed by atoms with Gasteiger partial charge < -0.3 is 24.6 Å². The molecule has 0 spiro atoms. The van der Waals surface area contributed by atoms with E-state index >= 15 is 0 Å². The number of nitrogens with zero attached hydrogens (tertiary/aromatic N) is 1. The Kier molecular flexibility index (Phi) is 32.5. The number of phosphoric ester groups is 1. The van der Waals surface area contributed by atoms with Crippen molar-refractivity contribution in [2.75, 3.05) is 31.3 Å². The fourth-order valence-electron chi connectivity index (χ4n) is 8.41. The number of esters is 2. The quantitative estimate of drug-likeness (QED) is 0.0284. The van der Waals surface area contributed by atoms with Crippen LogP contribution in [0.4, 0.5) is 5.69 Å². The number of hydrogen-bond donors (Lipinski definition) is 2. The second kappa shape index (κ2) is 37.8. The molecule has 0 bridgehead atoms. The fraction of sp³-hybridized carbons (Fsp3) is 0.679. The predicted octanol–water partition coefficient (Wildman–Crippen LogP) is 13.4. The lowest BCUT2D eigenvalue weighted by atomic mass is 10.0. The van der Waals surface area contributed by atoms with E-state index in [9.17, 15) is 28.6 Å². The SMILES string of the molecule is CCCCCCCCCCCCCCCC(=O)OC[C@H](COP(=O)(O)OCCNC(=O)CCC(=O)N1Cc2ccccc2C#Cc2ccccc21)OC(=O)CCCCCCCCCCCCCCC. The third-order valence-corrected chi connectivity index (χ3v) is 13.5. The van der Waals surface area contributed by atoms with E-state index in [1.54, 1.807) is 4.90 Å². The van der Waals surface area contributed by atoms with Gasteiger partial charge in [0.05, 0.1) is 25.4 Å². The van der Waals surface area contributed by atoms with E-state index < -0.39 is 38.4 Å². The summed E-state index contributed by atoms with van der Waals surface area (Å²) < 4.78 is 34.2. The van der Waals surface area contributed by atoms with Crippen molar-refractivity contribution in [3.8, 4) is 11.8 Å². The van der Waals surface area contributed by atoms with E-state index in [1.807, 2.05) is 48.5 Å². The lowest BCUT2D eigenvalue weighted by Gasteiger charge is -2.26. The minimum absolute atomic E-state index is 0.0678. The Morgan fingerprint density at radius 1 is 0.594 bits per heavy atom. The Bertz CT molecular complexity index is 1860. The van der Waals surface area contributed by atoms with Crippen molar-refractivity contribution in [1.82, 2.24) is 5.32 Å². The Morgan fingerprint density at radius 2 is 1.07 bits per heavy atom. The van der Waals surface area contributed by atoms with Gasteiger partial charge in [0.15, 0.2) is 6.10 Å². The molecule has 1 aliphatic heterocycles. The van der Waals surface area contributed by atoms with E-state index in [-0.39, 0.29) is 51.3 Å². The molecule has 12 nitrogen and oxygen atoms in total. The average Bonchev–Trinajstić information content (AvgIpc) is 3.34. The van der Waals surface area contributed by atoms with Crippen LogP contribution in [0.15, 0.2) is 48.5 Å². The highest BCUT2D eigenvalue weighted by Gasteiger charge is 2.27. The van der Waals surface area contributed by atoms with Gasteiger partial charge in [-0.05, 0) is 36.6 Å². The summed E-state index contributed by atoms with van der Waals surface area (Å²) in [5.74, 6) is 4.75. The molecule has 2 aromatic rings. The maximum absolute atomic E-state index is 13.5. The first-order valence-corrected chi connectivity index (χ1v) is 28.3. The molecule has 3 rings (SSSR count). The Morgan fingerprint density at radius 3 is 1.64 bits per heavy atom. The Labute approximate surface area is 415 Å². The molecule has 69 heavy (non-hydrogen) atoms. The predicted molar refractivity (Wildman–Crippen MR) is 275 cm³/mol. The van der Waals surface area contributed by atoms with Crippen molar-refractivity contribution in [1.29, 1.82) is 0 Å². The van der Waals surface area contributed by atoms with Crippen LogP contribution in [0, 0.1) is 11.8 Å². The highest BCUT2D eigenvalue weighted by atomic mass is 31.2. The molecule has 0 radical (unpaired) electrons. The number of rotatable bonds is 41. The summed E-state index contributed by atoms with van der Waals surface area (Å²) in [5, 5.41) is 2.62. The number of unbranched alkanes of at least 4 members (excludes halogenated alkanes) is 24. The number of hydrogen-bond acceptors (Lipinski definition) is 9. The Balaban J connectivity index is 1.37. The molecule has 0 saturated heterocycles. The molecule has 1 aliphatic rings. The van der Waals surface area contributed by atoms with Crippen molar-refractivity contribution in [3.05, 3.63) is 65.2 Å². The second-order valence-electron chi connectivity index (χ2n) is 18.6. The smallest absolute Gasteiger partial charge is 0.462 e. The maximum atomic E-state index is 13.5. The number of carbonyl (C=O) groups is 4. The number of amides is 2. The van der Waals surface area contributed by atoms with Crippen LogP contribution >= 0.6 is 7.82 Å². The number of benzene rings is 2. The first-order chi connectivity index (χ1) is 33.6. The lowest BCUT2D eigenvalue weighted by molar-refractivity contribution is -0.161. The van der Waals surface area contributed by atoms with E-state index in [1.165, 1.54) is 116 Å². The van der Waals surface area contributed by atoms with Crippen LogP contribution in [0.1, 0.15) is 223 Å².